The molecular weight excluding hydrogens is 283 g/mol. The van der Waals surface area contributed by atoms with Crippen molar-refractivity contribution >= 4 is 35.2 Å². The summed E-state index contributed by atoms with van der Waals surface area (Å²) in [5.74, 6) is 0.0270. The van der Waals surface area contributed by atoms with Gasteiger partial charge in [0.1, 0.15) is 0 Å². The Morgan fingerprint density at radius 1 is 1.21 bits per heavy atom. The Morgan fingerprint density at radius 2 is 1.89 bits per heavy atom. The molecule has 0 radical (unpaired) electrons. The molecule has 1 aromatic rings. The summed E-state index contributed by atoms with van der Waals surface area (Å²) in [6.07, 6.45) is 3.31. The maximum Gasteiger partial charge on any atom is 0.246 e. The fourth-order valence-electron chi connectivity index (χ4n) is 1.93. The molecule has 0 spiro atoms. The molecule has 2 rings (SSSR count). The van der Waals surface area contributed by atoms with Gasteiger partial charge in [0.2, 0.25) is 5.91 Å². The van der Waals surface area contributed by atoms with Crippen molar-refractivity contribution in [3.63, 3.8) is 0 Å². The van der Waals surface area contributed by atoms with Gasteiger partial charge < -0.3 is 9.80 Å². The van der Waals surface area contributed by atoms with Crippen LogP contribution in [0, 0.1) is 0 Å². The van der Waals surface area contributed by atoms with Crippen LogP contribution in [0.15, 0.2) is 24.3 Å². The van der Waals surface area contributed by atoms with Crippen LogP contribution in [0.25, 0.3) is 6.08 Å². The first-order chi connectivity index (χ1) is 9.06. The molecule has 1 aliphatic rings. The van der Waals surface area contributed by atoms with Crippen LogP contribution in [0.2, 0.25) is 10.0 Å². The first kappa shape index (κ1) is 14.4. The Bertz CT molecular complexity index is 494. The van der Waals surface area contributed by atoms with Gasteiger partial charge in [0.15, 0.2) is 0 Å². The highest BCUT2D eigenvalue weighted by molar-refractivity contribution is 6.35. The highest BCUT2D eigenvalue weighted by atomic mass is 35.5. The van der Waals surface area contributed by atoms with E-state index in [2.05, 4.69) is 11.9 Å². The number of hydrogen-bond acceptors (Lipinski definition) is 2. The Hall–Kier alpha value is -1.03. The molecule has 0 N–H and O–H groups in total. The van der Waals surface area contributed by atoms with Gasteiger partial charge in [0, 0.05) is 42.3 Å². The number of likely N-dealkylation sites (N-methyl/N-ethyl adjacent to an activating group) is 1. The molecule has 1 saturated heterocycles. The van der Waals surface area contributed by atoms with Gasteiger partial charge in [0.05, 0.1) is 0 Å². The molecule has 5 heteroatoms. The molecular formula is C14H16Cl2N2O. The van der Waals surface area contributed by atoms with Gasteiger partial charge in [0.25, 0.3) is 0 Å². The maximum absolute atomic E-state index is 12.0. The van der Waals surface area contributed by atoms with E-state index < -0.39 is 0 Å². The summed E-state index contributed by atoms with van der Waals surface area (Å²) in [7, 11) is 2.06. The highest BCUT2D eigenvalue weighted by Gasteiger charge is 2.16. The molecule has 0 saturated carbocycles. The minimum absolute atomic E-state index is 0.0270. The van der Waals surface area contributed by atoms with Crippen LogP contribution in [-0.4, -0.2) is 48.9 Å². The Morgan fingerprint density at radius 3 is 2.53 bits per heavy atom. The van der Waals surface area contributed by atoms with Crippen molar-refractivity contribution in [1.82, 2.24) is 9.80 Å². The van der Waals surface area contributed by atoms with Crippen molar-refractivity contribution in [2.24, 2.45) is 0 Å². The standard InChI is InChI=1S/C14H16Cl2N2O/c1-17-6-8-18(9-7-17)14(19)5-3-11-2-4-12(15)10-13(11)16/h2-5,10H,6-9H2,1H3/b5-3+. The second kappa shape index (κ2) is 6.42. The number of benzene rings is 1. The SMILES string of the molecule is CN1CCN(C(=O)/C=C/c2ccc(Cl)cc2Cl)CC1. The molecule has 1 aromatic carbocycles. The summed E-state index contributed by atoms with van der Waals surface area (Å²) in [6.45, 7) is 3.38. The fourth-order valence-corrected chi connectivity index (χ4v) is 2.40. The highest BCUT2D eigenvalue weighted by Crippen LogP contribution is 2.22. The van der Waals surface area contributed by atoms with Crippen LogP contribution in [-0.2, 0) is 4.79 Å². The third kappa shape index (κ3) is 3.96. The molecule has 19 heavy (non-hydrogen) atoms. The summed E-state index contributed by atoms with van der Waals surface area (Å²) in [6, 6.07) is 5.23. The average molecular weight is 299 g/mol. The van der Waals surface area contributed by atoms with Crippen molar-refractivity contribution in [1.29, 1.82) is 0 Å². The monoisotopic (exact) mass is 298 g/mol. The normalized spacial score (nSPS) is 17.1. The lowest BCUT2D eigenvalue weighted by atomic mass is 10.2. The first-order valence-corrected chi connectivity index (χ1v) is 6.92. The van der Waals surface area contributed by atoms with Gasteiger partial charge in [-0.25, -0.2) is 0 Å². The third-order valence-electron chi connectivity index (χ3n) is 3.18. The topological polar surface area (TPSA) is 23.6 Å². The van der Waals surface area contributed by atoms with Crippen molar-refractivity contribution in [2.45, 2.75) is 0 Å². The predicted molar refractivity (Wildman–Crippen MR) is 79.6 cm³/mol. The van der Waals surface area contributed by atoms with E-state index in [1.807, 2.05) is 4.90 Å². The largest absolute Gasteiger partial charge is 0.337 e. The maximum atomic E-state index is 12.0. The second-order valence-corrected chi connectivity index (χ2v) is 5.47. The Balaban J connectivity index is 2.00. The van der Waals surface area contributed by atoms with E-state index in [9.17, 15) is 4.79 Å². The molecule has 102 valence electrons. The van der Waals surface area contributed by atoms with E-state index in [-0.39, 0.29) is 5.91 Å². The zero-order valence-corrected chi connectivity index (χ0v) is 12.3. The smallest absolute Gasteiger partial charge is 0.246 e. The van der Waals surface area contributed by atoms with Crippen molar-refractivity contribution in [3.8, 4) is 0 Å². The van der Waals surface area contributed by atoms with E-state index in [0.29, 0.717) is 10.0 Å². The number of carbonyl (C=O) groups is 1. The van der Waals surface area contributed by atoms with Crippen LogP contribution in [0.3, 0.4) is 0 Å². The van der Waals surface area contributed by atoms with Gasteiger partial charge in [-0.3, -0.25) is 4.79 Å². The molecule has 1 fully saturated rings. The molecule has 0 unspecified atom stereocenters. The van der Waals surface area contributed by atoms with E-state index >= 15 is 0 Å². The second-order valence-electron chi connectivity index (χ2n) is 4.63. The van der Waals surface area contributed by atoms with Gasteiger partial charge in [-0.1, -0.05) is 29.3 Å². The van der Waals surface area contributed by atoms with Gasteiger partial charge in [-0.2, -0.15) is 0 Å². The zero-order chi connectivity index (χ0) is 13.8. The lowest BCUT2D eigenvalue weighted by Crippen LogP contribution is -2.46. The minimum Gasteiger partial charge on any atom is -0.337 e. The molecule has 1 amide bonds. The zero-order valence-electron chi connectivity index (χ0n) is 10.8. The summed E-state index contributed by atoms with van der Waals surface area (Å²) in [5, 5.41) is 1.14. The van der Waals surface area contributed by atoms with Gasteiger partial charge in [-0.15, -0.1) is 0 Å². The van der Waals surface area contributed by atoms with Crippen molar-refractivity contribution in [3.05, 3.63) is 39.9 Å². The molecule has 0 atom stereocenters. The van der Waals surface area contributed by atoms with E-state index in [4.69, 9.17) is 23.2 Å². The number of carbonyl (C=O) groups excluding carboxylic acids is 1. The molecule has 3 nitrogen and oxygen atoms in total. The molecule has 0 aromatic heterocycles. The van der Waals surface area contributed by atoms with Gasteiger partial charge >= 0.3 is 0 Å². The van der Waals surface area contributed by atoms with Crippen LogP contribution in [0.1, 0.15) is 5.56 Å². The quantitative estimate of drug-likeness (QED) is 0.784. The third-order valence-corrected chi connectivity index (χ3v) is 3.75. The van der Waals surface area contributed by atoms with Gasteiger partial charge in [-0.05, 0) is 30.8 Å². The molecule has 0 bridgehead atoms. The lowest BCUT2D eigenvalue weighted by Gasteiger charge is -2.31. The van der Waals surface area contributed by atoms with Crippen molar-refractivity contribution < 1.29 is 4.79 Å². The number of amides is 1. The summed E-state index contributed by atoms with van der Waals surface area (Å²) in [5.41, 5.74) is 0.800. The van der Waals surface area contributed by atoms with Crippen molar-refractivity contribution in [2.75, 3.05) is 33.2 Å². The minimum atomic E-state index is 0.0270. The fraction of sp³-hybridized carbons (Fsp3) is 0.357. The molecule has 0 aliphatic carbocycles. The number of rotatable bonds is 2. The summed E-state index contributed by atoms with van der Waals surface area (Å²) >= 11 is 11.9. The number of hydrogen-bond donors (Lipinski definition) is 0. The van der Waals surface area contributed by atoms with E-state index in [1.54, 1.807) is 30.4 Å². The molecule has 1 heterocycles. The van der Waals surface area contributed by atoms with E-state index in [0.717, 1.165) is 31.7 Å². The first-order valence-electron chi connectivity index (χ1n) is 6.17. The average Bonchev–Trinajstić information content (AvgIpc) is 2.38. The number of nitrogens with zero attached hydrogens (tertiary/aromatic N) is 2. The lowest BCUT2D eigenvalue weighted by molar-refractivity contribution is -0.127. The Kier molecular flexibility index (Phi) is 4.86. The van der Waals surface area contributed by atoms with Crippen LogP contribution in [0.5, 0.6) is 0 Å². The van der Waals surface area contributed by atoms with Crippen LogP contribution in [0.4, 0.5) is 0 Å². The molecule has 1 aliphatic heterocycles. The van der Waals surface area contributed by atoms with Crippen LogP contribution < -0.4 is 0 Å². The van der Waals surface area contributed by atoms with Crippen LogP contribution >= 0.6 is 23.2 Å². The number of piperazine rings is 1. The number of halogens is 2. The Labute approximate surface area is 123 Å². The summed E-state index contributed by atoms with van der Waals surface area (Å²) in [4.78, 5) is 16.1. The summed E-state index contributed by atoms with van der Waals surface area (Å²) < 4.78 is 0. The predicted octanol–water partition coefficient (Wildman–Crippen LogP) is 2.78. The van der Waals surface area contributed by atoms with E-state index in [1.165, 1.54) is 0 Å².